The maximum absolute atomic E-state index is 3.72. The van der Waals surface area contributed by atoms with Crippen LogP contribution in [0.4, 0.5) is 0 Å². The van der Waals surface area contributed by atoms with E-state index in [0.29, 0.717) is 0 Å². The topological polar surface area (TPSA) is 29.0 Å². The molecule has 0 spiro atoms. The van der Waals surface area contributed by atoms with Crippen molar-refractivity contribution in [3.63, 3.8) is 0 Å². The average molecular weight is 220 g/mol. The Morgan fingerprint density at radius 2 is 1.88 bits per heavy atom. The molecule has 0 fully saturated rings. The molecule has 0 aliphatic carbocycles. The van der Waals surface area contributed by atoms with E-state index >= 15 is 0 Å². The Bertz CT molecular complexity index is 73.4. The third kappa shape index (κ3) is 6.43. The fraction of sp³-hybridized carbons (Fsp3) is 0. The first kappa shape index (κ1) is 15.8. The number of rotatable bonds is 0. The molecular formula is C3H5BrCl2N2-2. The van der Waals surface area contributed by atoms with Gasteiger partial charge in [-0.3, -0.25) is 5.32 Å². The van der Waals surface area contributed by atoms with E-state index in [-0.39, 0.29) is 41.8 Å². The zero-order valence-electron chi connectivity index (χ0n) is 3.89. The second-order valence-electron chi connectivity index (χ2n) is 0.832. The molecule has 0 amide bonds. The molecule has 0 radical (unpaired) electrons. The lowest BCUT2D eigenvalue weighted by molar-refractivity contribution is -0.447. The molecule has 0 unspecified atom stereocenters. The van der Waals surface area contributed by atoms with Gasteiger partial charge in [-0.15, -0.1) is 0 Å². The molecule has 0 atom stereocenters. The molecule has 0 saturated carbocycles. The lowest BCUT2D eigenvalue weighted by Gasteiger charge is -1.58. The van der Waals surface area contributed by atoms with Crippen molar-refractivity contribution in [3.8, 4) is 0 Å². The predicted octanol–water partition coefficient (Wildman–Crippen LogP) is -9.93. The molecule has 0 aromatic heterocycles. The minimum atomic E-state index is 0. The Labute approximate surface area is 71.0 Å². The summed E-state index contributed by atoms with van der Waals surface area (Å²) in [5.41, 5.74) is 0. The van der Waals surface area contributed by atoms with Gasteiger partial charge in [-0.2, -0.15) is 0 Å². The highest BCUT2D eigenvalue weighted by molar-refractivity contribution is 5.45. The van der Waals surface area contributed by atoms with Gasteiger partial charge < -0.3 is 41.8 Å². The van der Waals surface area contributed by atoms with E-state index in [9.17, 15) is 0 Å². The smallest absolute Gasteiger partial charge is 0.191 e. The van der Waals surface area contributed by atoms with Gasteiger partial charge in [-0.1, -0.05) is 0 Å². The zero-order chi connectivity index (χ0) is 3.54. The van der Waals surface area contributed by atoms with Gasteiger partial charge in [0.05, 0.1) is 6.20 Å². The molecule has 0 aromatic carbocycles. The lowest BCUT2D eigenvalue weighted by atomic mass is 11.0. The van der Waals surface area contributed by atoms with Crippen LogP contribution in [0.2, 0.25) is 0 Å². The minimum Gasteiger partial charge on any atom is -1.00 e. The summed E-state index contributed by atoms with van der Waals surface area (Å²) in [6.07, 6.45) is 5.39. The quantitative estimate of drug-likeness (QED) is 0.420. The highest BCUT2D eigenvalue weighted by atomic mass is 79.9. The molecule has 1 aliphatic heterocycles. The Kier molecular flexibility index (Phi) is 20.6. The Morgan fingerprint density at radius 3 is 2.00 bits per heavy atom. The number of halogens is 3. The molecule has 50 valence electrons. The van der Waals surface area contributed by atoms with Crippen LogP contribution >= 0.6 is 0 Å². The van der Waals surface area contributed by atoms with E-state index in [4.69, 9.17) is 0 Å². The average Bonchev–Trinajstić information content (AvgIpc) is 1.76. The van der Waals surface area contributed by atoms with E-state index in [0.717, 1.165) is 0 Å². The molecule has 0 bridgehead atoms. The van der Waals surface area contributed by atoms with Crippen molar-refractivity contribution in [2.45, 2.75) is 0 Å². The fourth-order valence-corrected chi connectivity index (χ4v) is 0.248. The first-order valence-corrected chi connectivity index (χ1v) is 1.52. The van der Waals surface area contributed by atoms with Crippen LogP contribution in [-0.2, 0) is 0 Å². The molecule has 1 rings (SSSR count). The van der Waals surface area contributed by atoms with Crippen LogP contribution in [0.5, 0.6) is 0 Å². The zero-order valence-corrected chi connectivity index (χ0v) is 6.99. The van der Waals surface area contributed by atoms with Crippen molar-refractivity contribution in [1.82, 2.24) is 0 Å². The number of hydrogen-bond acceptors (Lipinski definition) is 1. The van der Waals surface area contributed by atoms with Crippen molar-refractivity contribution in [1.29, 1.82) is 0 Å². The first-order chi connectivity index (χ1) is 2.50. The molecule has 1 heterocycles. The van der Waals surface area contributed by atoms with Gasteiger partial charge in [0.1, 0.15) is 6.20 Å². The van der Waals surface area contributed by atoms with E-state index < -0.39 is 0 Å². The lowest BCUT2D eigenvalue weighted by Crippen LogP contribution is -3.00. The molecular weight excluding hydrogens is 215 g/mol. The Balaban J connectivity index is -0.0000000833. The van der Waals surface area contributed by atoms with Crippen molar-refractivity contribution in [2.24, 2.45) is 4.99 Å². The van der Waals surface area contributed by atoms with E-state index in [1.54, 1.807) is 12.5 Å². The summed E-state index contributed by atoms with van der Waals surface area (Å²) in [7, 11) is 0. The van der Waals surface area contributed by atoms with Gasteiger partial charge in [-0.05, 0) is 0 Å². The molecule has 5 heteroatoms. The van der Waals surface area contributed by atoms with Crippen LogP contribution < -0.4 is 47.1 Å². The van der Waals surface area contributed by atoms with Crippen LogP contribution in [0.25, 0.3) is 0 Å². The highest BCUT2D eigenvalue weighted by Crippen LogP contribution is 1.63. The monoisotopic (exact) mass is 218 g/mol. The molecule has 1 aliphatic rings. The fourth-order valence-electron chi connectivity index (χ4n) is 0.248. The number of aliphatic imine (C=N–C) groups is 1. The summed E-state index contributed by atoms with van der Waals surface area (Å²) < 4.78 is 0. The second-order valence-corrected chi connectivity index (χ2v) is 0.832. The number of nitrogens with zero attached hydrogens (tertiary/aromatic N) is 1. The summed E-state index contributed by atoms with van der Waals surface area (Å²) in [4.78, 5) is 3.72. The number of quaternary nitrogens is 1. The third-order valence-corrected chi connectivity index (χ3v) is 0.455. The van der Waals surface area contributed by atoms with Crippen LogP contribution in [0.1, 0.15) is 0 Å². The standard InChI is InChI=1S/C3H4N2.BrH.2ClH/c1-2-5-3-4-1;;;/h1-3H,(H,4,5);3*1H/p-2. The Morgan fingerprint density at radius 1 is 1.25 bits per heavy atom. The van der Waals surface area contributed by atoms with Crippen LogP contribution in [0.3, 0.4) is 0 Å². The van der Waals surface area contributed by atoms with Crippen LogP contribution in [-0.4, -0.2) is 6.34 Å². The third-order valence-electron chi connectivity index (χ3n) is 0.455. The maximum atomic E-state index is 3.72. The molecule has 2 N–H and O–H groups in total. The summed E-state index contributed by atoms with van der Waals surface area (Å²) in [5, 5.41) is 1.89. The van der Waals surface area contributed by atoms with E-state index in [1.807, 2.05) is 11.5 Å². The largest absolute Gasteiger partial charge is 1.00 e. The van der Waals surface area contributed by atoms with Gasteiger partial charge in [0, 0.05) is 0 Å². The van der Waals surface area contributed by atoms with Gasteiger partial charge in [0.25, 0.3) is 0 Å². The molecule has 2 nitrogen and oxygen atoms in total. The summed E-state index contributed by atoms with van der Waals surface area (Å²) >= 11 is 0. The Hall–Kier alpha value is 0.430. The summed E-state index contributed by atoms with van der Waals surface area (Å²) in [6, 6.07) is 0. The van der Waals surface area contributed by atoms with Crippen LogP contribution in [0, 0.1) is 0 Å². The van der Waals surface area contributed by atoms with Crippen molar-refractivity contribution >= 4 is 6.34 Å². The van der Waals surface area contributed by atoms with Crippen molar-refractivity contribution in [2.75, 3.05) is 0 Å². The number of hydrogen-bond donors (Lipinski definition) is 1. The molecule has 8 heavy (non-hydrogen) atoms. The normalized spacial score (nSPS) is 11.0. The number of nitrogens with two attached hydrogens (primary N) is 1. The summed E-state index contributed by atoms with van der Waals surface area (Å²) in [6.45, 7) is 0. The van der Waals surface area contributed by atoms with Gasteiger partial charge in [0.15, 0.2) is 6.34 Å². The molecule has 0 saturated heterocycles. The van der Waals surface area contributed by atoms with Crippen molar-refractivity contribution in [3.05, 3.63) is 12.4 Å². The second kappa shape index (κ2) is 10.4. The van der Waals surface area contributed by atoms with E-state index in [1.165, 1.54) is 0 Å². The SMILES string of the molecule is C1=C[NH2+]C=N1.[Br-].[Cl-].[Cl-]. The minimum absolute atomic E-state index is 0. The first-order valence-electron chi connectivity index (χ1n) is 1.52. The summed E-state index contributed by atoms with van der Waals surface area (Å²) in [5.74, 6) is 0. The molecule has 0 aromatic rings. The van der Waals surface area contributed by atoms with Gasteiger partial charge >= 0.3 is 0 Å². The van der Waals surface area contributed by atoms with Crippen LogP contribution in [0.15, 0.2) is 17.4 Å². The van der Waals surface area contributed by atoms with Gasteiger partial charge in [-0.25, -0.2) is 4.99 Å². The highest BCUT2D eigenvalue weighted by Gasteiger charge is 1.76. The van der Waals surface area contributed by atoms with Gasteiger partial charge in [0.2, 0.25) is 0 Å². The van der Waals surface area contributed by atoms with Crippen molar-refractivity contribution < 1.29 is 47.1 Å². The van der Waals surface area contributed by atoms with E-state index in [2.05, 4.69) is 4.99 Å². The predicted molar refractivity (Wildman–Crippen MR) is 19.6 cm³/mol. The maximum Gasteiger partial charge on any atom is 0.191 e.